The SMILES string of the molecule is Nc1nc2c(nc(Br)n2[C@@H]2O[C@@H]3COP(=O)(O)O[C@H]4[C@@H](O)[C@H](n5cnc6c(N)nc(Br)nc65)O[C@@H]4COP(=O)([O-])O[C@@H]2[C@@H]3O)c(=O)[nH]1. The van der Waals surface area contributed by atoms with Crippen LogP contribution in [0.15, 0.2) is 20.6 Å². The molecule has 7 heterocycles. The number of aromatic nitrogens is 8. The van der Waals surface area contributed by atoms with Gasteiger partial charge in [-0.2, -0.15) is 4.98 Å². The molecule has 10 atom stereocenters. The Morgan fingerprint density at radius 3 is 2.43 bits per heavy atom. The molecule has 8 N–H and O–H groups in total. The number of hydrogen-bond acceptors (Lipinski definition) is 19. The molecule has 0 aromatic carbocycles. The van der Waals surface area contributed by atoms with Crippen LogP contribution in [0.2, 0.25) is 0 Å². The molecule has 2 bridgehead atoms. The van der Waals surface area contributed by atoms with E-state index in [2.05, 4.69) is 61.8 Å². The molecule has 47 heavy (non-hydrogen) atoms. The third-order valence-electron chi connectivity index (χ3n) is 7.40. The third-order valence-corrected chi connectivity index (χ3v) is 10.3. The molecular formula is C20H21Br2N10O13P2-. The lowest BCUT2D eigenvalue weighted by molar-refractivity contribution is -0.237. The summed E-state index contributed by atoms with van der Waals surface area (Å²) in [5.74, 6) is -0.323. The van der Waals surface area contributed by atoms with E-state index in [-0.39, 0.29) is 43.6 Å². The van der Waals surface area contributed by atoms with Crippen molar-refractivity contribution in [2.75, 3.05) is 24.7 Å². The second-order valence-corrected chi connectivity index (χ2v) is 14.5. The standard InChI is InChI=1S/C20H22Br2N10O13P2/c21-18-27-12(23)6-13(28-18)31(3-25-6)16-9(34)10-5(43-16)2-41-47(38,39)45-11-8(33)4(1-40-46(36,37)44-10)42-17(11)32-14-7(26-19(32)22)15(35)30-20(24)29-14/h3-5,8-11,16-17,33-34H,1-2H2,(H,36,37)(H,38,39)(H2,23,27,28)(H3,24,29,30,35)/p-1/t4-,5-,8-,9-,10-,11-,16-,17-/m1/s1. The van der Waals surface area contributed by atoms with E-state index in [0.29, 0.717) is 0 Å². The molecule has 254 valence electrons. The average molecular weight is 831 g/mol. The Hall–Kier alpha value is -2.48. The van der Waals surface area contributed by atoms with Crippen molar-refractivity contribution in [3.05, 3.63) is 26.1 Å². The number of nitrogens with one attached hydrogen (secondary N) is 1. The Bertz CT molecular complexity index is 2050. The van der Waals surface area contributed by atoms with Crippen LogP contribution < -0.4 is 21.9 Å². The van der Waals surface area contributed by atoms with Gasteiger partial charge in [0.1, 0.15) is 42.1 Å². The van der Waals surface area contributed by atoms with Crippen LogP contribution in [0.5, 0.6) is 0 Å². The highest BCUT2D eigenvalue weighted by molar-refractivity contribution is 9.10. The van der Waals surface area contributed by atoms with Gasteiger partial charge in [-0.25, -0.2) is 24.5 Å². The Kier molecular flexibility index (Phi) is 8.32. The van der Waals surface area contributed by atoms with E-state index in [1.807, 2.05) is 0 Å². The Balaban J connectivity index is 1.22. The zero-order valence-electron chi connectivity index (χ0n) is 23.0. The third kappa shape index (κ3) is 5.93. The summed E-state index contributed by atoms with van der Waals surface area (Å²) in [7, 11) is -10.5. The van der Waals surface area contributed by atoms with Gasteiger partial charge in [0.15, 0.2) is 39.8 Å². The smallest absolute Gasteiger partial charge is 0.472 e. The van der Waals surface area contributed by atoms with Gasteiger partial charge in [-0.05, 0) is 31.9 Å². The zero-order valence-corrected chi connectivity index (χ0v) is 27.9. The van der Waals surface area contributed by atoms with Crippen molar-refractivity contribution in [3.63, 3.8) is 0 Å². The summed E-state index contributed by atoms with van der Waals surface area (Å²) in [5, 5.41) is 22.3. The Labute approximate surface area is 276 Å². The van der Waals surface area contributed by atoms with Crippen LogP contribution in [-0.4, -0.2) is 104 Å². The molecule has 0 spiro atoms. The van der Waals surface area contributed by atoms with Crippen molar-refractivity contribution >= 4 is 81.6 Å². The van der Waals surface area contributed by atoms with Gasteiger partial charge in [-0.15, -0.1) is 0 Å². The van der Waals surface area contributed by atoms with E-state index >= 15 is 0 Å². The first kappa shape index (κ1) is 33.0. The predicted octanol–water partition coefficient (Wildman–Crippen LogP) is -1.45. The number of hydrogen-bond donors (Lipinski definition) is 6. The van der Waals surface area contributed by atoms with Gasteiger partial charge in [0, 0.05) is 0 Å². The van der Waals surface area contributed by atoms with E-state index < -0.39 is 83.5 Å². The maximum Gasteiger partial charge on any atom is 0.472 e. The molecule has 0 aliphatic carbocycles. The van der Waals surface area contributed by atoms with Gasteiger partial charge in [0.05, 0.1) is 19.5 Å². The lowest BCUT2D eigenvalue weighted by Gasteiger charge is -2.31. The number of nitrogens with two attached hydrogens (primary N) is 2. The van der Waals surface area contributed by atoms with Gasteiger partial charge >= 0.3 is 7.82 Å². The zero-order chi connectivity index (χ0) is 33.6. The summed E-state index contributed by atoms with van der Waals surface area (Å²) in [5.41, 5.74) is 10.7. The number of fused-ring (bicyclic) bond motifs is 5. The van der Waals surface area contributed by atoms with E-state index in [4.69, 9.17) is 39.0 Å². The fraction of sp³-hybridized carbons (Fsp3) is 0.500. The molecule has 4 aromatic rings. The first-order valence-corrected chi connectivity index (χ1v) is 17.7. The molecule has 0 amide bonds. The maximum atomic E-state index is 13.2. The van der Waals surface area contributed by atoms with Crippen LogP contribution in [0.4, 0.5) is 11.8 Å². The van der Waals surface area contributed by atoms with Crippen molar-refractivity contribution in [1.29, 1.82) is 0 Å². The second kappa shape index (κ2) is 11.8. The van der Waals surface area contributed by atoms with E-state index in [9.17, 15) is 33.9 Å². The number of aromatic amines is 1. The molecular weight excluding hydrogens is 810 g/mol. The Morgan fingerprint density at radius 2 is 1.66 bits per heavy atom. The molecule has 3 aliphatic heterocycles. The normalized spacial score (nSPS) is 36.6. The van der Waals surface area contributed by atoms with Gasteiger partial charge in [-0.1, -0.05) is 0 Å². The fourth-order valence-corrected chi connectivity index (χ4v) is 8.17. The predicted molar refractivity (Wildman–Crippen MR) is 157 cm³/mol. The lowest BCUT2D eigenvalue weighted by Crippen LogP contribution is -2.37. The van der Waals surface area contributed by atoms with Gasteiger partial charge in [-0.3, -0.25) is 32.5 Å². The molecule has 0 radical (unpaired) electrons. The van der Waals surface area contributed by atoms with E-state index in [0.717, 1.165) is 4.57 Å². The van der Waals surface area contributed by atoms with Crippen molar-refractivity contribution in [2.24, 2.45) is 0 Å². The molecule has 3 aliphatic rings. The molecule has 4 aromatic heterocycles. The number of nitrogen functional groups attached to an aromatic ring is 2. The van der Waals surface area contributed by atoms with E-state index in [1.54, 1.807) is 0 Å². The summed E-state index contributed by atoms with van der Waals surface area (Å²) >= 11 is 6.26. The average Bonchev–Trinajstić information content (AvgIpc) is 3.70. The summed E-state index contributed by atoms with van der Waals surface area (Å²) in [6, 6.07) is 0. The number of H-pyrrole nitrogens is 1. The number of aliphatic hydroxyl groups excluding tert-OH is 2. The van der Waals surface area contributed by atoms with Crippen molar-refractivity contribution < 1.29 is 56.7 Å². The largest absolute Gasteiger partial charge is 0.756 e. The number of imidazole rings is 2. The minimum Gasteiger partial charge on any atom is -0.756 e. The van der Waals surface area contributed by atoms with Gasteiger partial charge in [0.25, 0.3) is 13.4 Å². The minimum atomic E-state index is -5.41. The molecule has 2 unspecified atom stereocenters. The first-order valence-electron chi connectivity index (χ1n) is 13.2. The summed E-state index contributed by atoms with van der Waals surface area (Å²) < 4.78 is 60.9. The number of phosphoric acid groups is 2. The molecule has 3 fully saturated rings. The fourth-order valence-electron chi connectivity index (χ4n) is 5.38. The summed E-state index contributed by atoms with van der Waals surface area (Å²) in [6.07, 6.45) is -12.0. The van der Waals surface area contributed by atoms with Gasteiger partial charge < -0.3 is 50.0 Å². The van der Waals surface area contributed by atoms with Crippen LogP contribution in [0.1, 0.15) is 12.5 Å². The number of phosphoric ester groups is 2. The quantitative estimate of drug-likeness (QED) is 0.0764. The summed E-state index contributed by atoms with van der Waals surface area (Å²) in [4.78, 5) is 58.8. The molecule has 7 rings (SSSR count). The molecule has 27 heteroatoms. The van der Waals surface area contributed by atoms with Crippen molar-refractivity contribution in [3.8, 4) is 0 Å². The topological polar surface area (TPSA) is 332 Å². The highest BCUT2D eigenvalue weighted by Crippen LogP contribution is 2.52. The number of anilines is 2. The highest BCUT2D eigenvalue weighted by Gasteiger charge is 2.53. The second-order valence-electron chi connectivity index (χ2n) is 10.3. The minimum absolute atomic E-state index is 0.00735. The summed E-state index contributed by atoms with van der Waals surface area (Å²) in [6.45, 7) is -1.78. The van der Waals surface area contributed by atoms with Crippen LogP contribution >= 0.6 is 47.5 Å². The van der Waals surface area contributed by atoms with Crippen LogP contribution in [0, 0.1) is 0 Å². The number of nitrogens with zero attached hydrogens (tertiary/aromatic N) is 7. The van der Waals surface area contributed by atoms with Gasteiger partial charge in [0.2, 0.25) is 10.7 Å². The van der Waals surface area contributed by atoms with Crippen molar-refractivity contribution in [1.82, 2.24) is 39.0 Å². The molecule has 0 saturated carbocycles. The number of rotatable bonds is 2. The van der Waals surface area contributed by atoms with Crippen LogP contribution in [0.25, 0.3) is 22.3 Å². The highest BCUT2D eigenvalue weighted by atomic mass is 79.9. The lowest BCUT2D eigenvalue weighted by atomic mass is 10.1. The number of aliphatic hydroxyl groups is 2. The van der Waals surface area contributed by atoms with Crippen LogP contribution in [-0.2, 0) is 36.7 Å². The van der Waals surface area contributed by atoms with E-state index in [1.165, 1.54) is 10.9 Å². The van der Waals surface area contributed by atoms with Crippen LogP contribution in [0.3, 0.4) is 0 Å². The molecule has 3 saturated heterocycles. The monoisotopic (exact) mass is 829 g/mol. The van der Waals surface area contributed by atoms with Crippen molar-refractivity contribution in [2.45, 2.75) is 49.1 Å². The maximum absolute atomic E-state index is 13.2. The Morgan fingerprint density at radius 1 is 0.936 bits per heavy atom. The first-order chi connectivity index (χ1) is 22.1. The number of ether oxygens (including phenoxy) is 2. The number of halogens is 2. The molecule has 23 nitrogen and oxygen atoms in total.